The maximum absolute atomic E-state index is 13.0. The molecular formula is C22H22ClN5O3. The van der Waals surface area contributed by atoms with E-state index in [4.69, 9.17) is 11.6 Å². The number of aryl methyl sites for hydroxylation is 1. The minimum absolute atomic E-state index is 0.228. The van der Waals surface area contributed by atoms with Crippen molar-refractivity contribution in [2.45, 2.75) is 38.8 Å². The van der Waals surface area contributed by atoms with E-state index in [1.165, 1.54) is 5.01 Å². The normalized spacial score (nSPS) is 20.0. The van der Waals surface area contributed by atoms with Gasteiger partial charge in [-0.25, -0.2) is 4.90 Å². The lowest BCUT2D eigenvalue weighted by Crippen LogP contribution is -2.43. The minimum atomic E-state index is -0.951. The van der Waals surface area contributed by atoms with Gasteiger partial charge >= 0.3 is 0 Å². The summed E-state index contributed by atoms with van der Waals surface area (Å²) in [6.45, 7) is 5.80. The highest BCUT2D eigenvalue weighted by Crippen LogP contribution is 2.32. The second kappa shape index (κ2) is 8.11. The third-order valence-electron chi connectivity index (χ3n) is 5.38. The molecule has 0 spiro atoms. The van der Waals surface area contributed by atoms with Crippen LogP contribution in [0.4, 0.5) is 11.4 Å². The maximum atomic E-state index is 13.0. The van der Waals surface area contributed by atoms with Gasteiger partial charge in [-0.3, -0.25) is 19.4 Å². The number of carbonyl (C=O) groups is 3. The van der Waals surface area contributed by atoms with Gasteiger partial charge in [0, 0.05) is 0 Å². The number of fused-ring (bicyclic) bond motifs is 1. The summed E-state index contributed by atoms with van der Waals surface area (Å²) < 4.78 is 0. The quantitative estimate of drug-likeness (QED) is 0.718. The van der Waals surface area contributed by atoms with Crippen LogP contribution in [0.5, 0.6) is 0 Å². The standard InChI is InChI=1S/C22H22ClN5O3/c1-12(2)14-5-7-15(8-6-14)28-21(30)19-20(22(28)31)27(26-25-19)11-18(29)24-17-9-4-13(3)10-16(17)23/h4-10,12,19-20H,11H2,1-3H3,(H,24,29)/t19-,20-/m1/s1. The molecule has 1 saturated heterocycles. The Morgan fingerprint density at radius 1 is 1.13 bits per heavy atom. The molecule has 2 aromatic rings. The molecule has 2 aliphatic rings. The molecule has 1 fully saturated rings. The van der Waals surface area contributed by atoms with Gasteiger partial charge in [0.1, 0.15) is 6.54 Å². The smallest absolute Gasteiger partial charge is 0.263 e. The number of nitrogens with zero attached hydrogens (tertiary/aromatic N) is 4. The Kier molecular flexibility index (Phi) is 5.49. The van der Waals surface area contributed by atoms with Gasteiger partial charge in [-0.2, -0.15) is 5.11 Å². The first-order chi connectivity index (χ1) is 14.8. The Morgan fingerprint density at radius 2 is 1.84 bits per heavy atom. The van der Waals surface area contributed by atoms with Gasteiger partial charge in [0.15, 0.2) is 12.1 Å². The topological polar surface area (TPSA) is 94.4 Å². The number of carbonyl (C=O) groups excluding carboxylic acids is 3. The molecule has 2 aliphatic heterocycles. The number of hydrogen-bond acceptors (Lipinski definition) is 6. The molecule has 2 aromatic carbocycles. The van der Waals surface area contributed by atoms with Crippen molar-refractivity contribution in [2.24, 2.45) is 10.3 Å². The van der Waals surface area contributed by atoms with E-state index < -0.39 is 29.8 Å². The number of anilines is 2. The van der Waals surface area contributed by atoms with Gasteiger partial charge in [0.25, 0.3) is 11.8 Å². The average molecular weight is 440 g/mol. The fraction of sp³-hybridized carbons (Fsp3) is 0.318. The van der Waals surface area contributed by atoms with Crippen molar-refractivity contribution in [3.63, 3.8) is 0 Å². The molecule has 8 nitrogen and oxygen atoms in total. The van der Waals surface area contributed by atoms with Gasteiger partial charge in [0.2, 0.25) is 5.91 Å². The first-order valence-electron chi connectivity index (χ1n) is 9.97. The molecule has 2 heterocycles. The van der Waals surface area contributed by atoms with Crippen molar-refractivity contribution in [3.8, 4) is 0 Å². The van der Waals surface area contributed by atoms with E-state index in [-0.39, 0.29) is 6.54 Å². The maximum Gasteiger partial charge on any atom is 0.263 e. The monoisotopic (exact) mass is 439 g/mol. The third kappa shape index (κ3) is 3.90. The number of benzene rings is 2. The molecule has 4 rings (SSSR count). The van der Waals surface area contributed by atoms with Crippen LogP contribution in [-0.2, 0) is 14.4 Å². The summed E-state index contributed by atoms with van der Waals surface area (Å²) >= 11 is 6.16. The summed E-state index contributed by atoms with van der Waals surface area (Å²) in [7, 11) is 0. The van der Waals surface area contributed by atoms with Crippen LogP contribution in [-0.4, -0.2) is 41.4 Å². The molecule has 0 unspecified atom stereocenters. The van der Waals surface area contributed by atoms with Crippen LogP contribution in [0.3, 0.4) is 0 Å². The summed E-state index contributed by atoms with van der Waals surface area (Å²) in [5.41, 5.74) is 3.03. The van der Waals surface area contributed by atoms with Crippen LogP contribution in [0.25, 0.3) is 0 Å². The molecule has 0 bridgehead atoms. The van der Waals surface area contributed by atoms with E-state index in [0.29, 0.717) is 22.3 Å². The summed E-state index contributed by atoms with van der Waals surface area (Å²) in [4.78, 5) is 39.5. The van der Waals surface area contributed by atoms with Gasteiger partial charge < -0.3 is 5.32 Å². The third-order valence-corrected chi connectivity index (χ3v) is 5.69. The molecular weight excluding hydrogens is 418 g/mol. The highest BCUT2D eigenvalue weighted by Gasteiger charge is 2.55. The van der Waals surface area contributed by atoms with E-state index in [0.717, 1.165) is 16.0 Å². The summed E-state index contributed by atoms with van der Waals surface area (Å²) in [6, 6.07) is 10.7. The van der Waals surface area contributed by atoms with Crippen molar-refractivity contribution in [3.05, 3.63) is 58.6 Å². The molecule has 0 aromatic heterocycles. The number of imide groups is 1. The molecule has 0 saturated carbocycles. The minimum Gasteiger partial charge on any atom is -0.323 e. The van der Waals surface area contributed by atoms with E-state index in [9.17, 15) is 14.4 Å². The SMILES string of the molecule is Cc1ccc(NC(=O)CN2N=N[C@H]3C(=O)N(c4ccc(C(C)C)cc4)C(=O)[C@@H]32)c(Cl)c1. The predicted octanol–water partition coefficient (Wildman–Crippen LogP) is 3.70. The first-order valence-corrected chi connectivity index (χ1v) is 10.3. The van der Waals surface area contributed by atoms with E-state index >= 15 is 0 Å². The average Bonchev–Trinajstić information content (AvgIpc) is 3.24. The highest BCUT2D eigenvalue weighted by molar-refractivity contribution is 6.33. The first kappa shape index (κ1) is 21.0. The van der Waals surface area contributed by atoms with Gasteiger partial charge in [-0.15, -0.1) is 0 Å². The number of amides is 3. The summed E-state index contributed by atoms with van der Waals surface area (Å²) in [5.74, 6) is -0.965. The zero-order valence-electron chi connectivity index (χ0n) is 17.4. The van der Waals surface area contributed by atoms with E-state index in [2.05, 4.69) is 29.5 Å². The van der Waals surface area contributed by atoms with Crippen molar-refractivity contribution in [1.29, 1.82) is 0 Å². The molecule has 2 atom stereocenters. The lowest BCUT2D eigenvalue weighted by molar-refractivity contribution is -0.123. The number of nitrogens with one attached hydrogen (secondary N) is 1. The van der Waals surface area contributed by atoms with Crippen LogP contribution < -0.4 is 10.2 Å². The van der Waals surface area contributed by atoms with Crippen molar-refractivity contribution in [2.75, 3.05) is 16.8 Å². The van der Waals surface area contributed by atoms with Gasteiger partial charge in [0.05, 0.1) is 16.4 Å². The molecule has 0 radical (unpaired) electrons. The largest absolute Gasteiger partial charge is 0.323 e. The number of hydrogen-bond donors (Lipinski definition) is 1. The molecule has 9 heteroatoms. The second-order valence-corrected chi connectivity index (χ2v) is 8.39. The van der Waals surface area contributed by atoms with E-state index in [1.807, 2.05) is 25.1 Å². The molecule has 3 amide bonds. The van der Waals surface area contributed by atoms with Crippen LogP contribution in [0.15, 0.2) is 52.8 Å². The number of halogens is 1. The zero-order chi connectivity index (χ0) is 22.3. The van der Waals surface area contributed by atoms with Crippen molar-refractivity contribution < 1.29 is 14.4 Å². The molecule has 0 aliphatic carbocycles. The van der Waals surface area contributed by atoms with Crippen LogP contribution >= 0.6 is 11.6 Å². The molecule has 1 N–H and O–H groups in total. The number of rotatable bonds is 5. The fourth-order valence-corrected chi connectivity index (χ4v) is 3.96. The predicted molar refractivity (Wildman–Crippen MR) is 117 cm³/mol. The Bertz CT molecular complexity index is 1080. The van der Waals surface area contributed by atoms with E-state index in [1.54, 1.807) is 24.3 Å². The lowest BCUT2D eigenvalue weighted by atomic mass is 10.0. The van der Waals surface area contributed by atoms with Crippen molar-refractivity contribution >= 4 is 40.7 Å². The molecule has 31 heavy (non-hydrogen) atoms. The lowest BCUT2D eigenvalue weighted by Gasteiger charge is -2.20. The van der Waals surface area contributed by atoms with Gasteiger partial charge in [-0.1, -0.05) is 48.9 Å². The highest BCUT2D eigenvalue weighted by atomic mass is 35.5. The Balaban J connectivity index is 1.48. The Morgan fingerprint density at radius 3 is 2.48 bits per heavy atom. The van der Waals surface area contributed by atoms with Crippen LogP contribution in [0, 0.1) is 6.92 Å². The van der Waals surface area contributed by atoms with Crippen LogP contribution in [0.2, 0.25) is 5.02 Å². The molecule has 160 valence electrons. The van der Waals surface area contributed by atoms with Crippen molar-refractivity contribution in [1.82, 2.24) is 5.01 Å². The van der Waals surface area contributed by atoms with Gasteiger partial charge in [-0.05, 0) is 48.2 Å². The summed E-state index contributed by atoms with van der Waals surface area (Å²) in [5, 5.41) is 12.2. The Hall–Kier alpha value is -3.26. The Labute approximate surface area is 184 Å². The second-order valence-electron chi connectivity index (χ2n) is 7.98. The zero-order valence-corrected chi connectivity index (χ0v) is 18.1. The summed E-state index contributed by atoms with van der Waals surface area (Å²) in [6.07, 6.45) is 0. The fourth-order valence-electron chi connectivity index (χ4n) is 3.67. The van der Waals surface area contributed by atoms with Crippen LogP contribution in [0.1, 0.15) is 30.9 Å².